The fraction of sp³-hybridized carbons (Fsp3) is 0.217. The molecule has 0 bridgehead atoms. The van der Waals surface area contributed by atoms with Crippen molar-refractivity contribution in [3.63, 3.8) is 0 Å². The van der Waals surface area contributed by atoms with Crippen molar-refractivity contribution in [2.75, 3.05) is 5.32 Å². The van der Waals surface area contributed by atoms with Crippen LogP contribution in [0, 0.1) is 6.92 Å². The highest BCUT2D eigenvalue weighted by molar-refractivity contribution is 6.12. The standard InChI is InChI=1S/C23H23N5O/c1-15-13-17(16-9-5-6-10-18(16)25-15)22(29)26-21-14-19(23(2,3)4)27-28(21)20-11-7-8-12-24-20/h5-14H,1-4H3,(H,26,29). The third-order valence-corrected chi connectivity index (χ3v) is 4.67. The second-order valence-electron chi connectivity index (χ2n) is 8.05. The smallest absolute Gasteiger partial charge is 0.257 e. The number of nitrogens with one attached hydrogen (secondary N) is 1. The number of aryl methyl sites for hydroxylation is 1. The van der Waals surface area contributed by atoms with E-state index in [-0.39, 0.29) is 11.3 Å². The highest BCUT2D eigenvalue weighted by Crippen LogP contribution is 2.27. The van der Waals surface area contributed by atoms with Crippen LogP contribution in [0.4, 0.5) is 5.82 Å². The lowest BCUT2D eigenvalue weighted by atomic mass is 9.92. The van der Waals surface area contributed by atoms with Crippen molar-refractivity contribution in [1.82, 2.24) is 19.7 Å². The molecule has 4 rings (SSSR count). The van der Waals surface area contributed by atoms with E-state index >= 15 is 0 Å². The molecule has 0 atom stereocenters. The summed E-state index contributed by atoms with van der Waals surface area (Å²) < 4.78 is 1.68. The van der Waals surface area contributed by atoms with Gasteiger partial charge < -0.3 is 5.32 Å². The topological polar surface area (TPSA) is 72.7 Å². The predicted molar refractivity (Wildman–Crippen MR) is 114 cm³/mol. The van der Waals surface area contributed by atoms with Gasteiger partial charge >= 0.3 is 0 Å². The Morgan fingerprint density at radius 2 is 1.79 bits per heavy atom. The monoisotopic (exact) mass is 385 g/mol. The van der Waals surface area contributed by atoms with Gasteiger partial charge in [-0.15, -0.1) is 0 Å². The first kappa shape index (κ1) is 18.8. The van der Waals surface area contributed by atoms with Crippen molar-refractivity contribution >= 4 is 22.6 Å². The summed E-state index contributed by atoms with van der Waals surface area (Å²) in [6.45, 7) is 8.15. The molecule has 3 aromatic heterocycles. The van der Waals surface area contributed by atoms with Gasteiger partial charge in [-0.05, 0) is 31.2 Å². The van der Waals surface area contributed by atoms with Gasteiger partial charge in [0.25, 0.3) is 5.91 Å². The zero-order valence-electron chi connectivity index (χ0n) is 17.0. The maximum Gasteiger partial charge on any atom is 0.257 e. The first-order valence-electron chi connectivity index (χ1n) is 9.52. The number of rotatable bonds is 3. The molecule has 0 spiro atoms. The summed E-state index contributed by atoms with van der Waals surface area (Å²) >= 11 is 0. The van der Waals surface area contributed by atoms with Gasteiger partial charge in [-0.3, -0.25) is 9.78 Å². The Bertz CT molecular complexity index is 1190. The lowest BCUT2D eigenvalue weighted by Crippen LogP contribution is -2.16. The molecule has 1 N–H and O–H groups in total. The number of nitrogens with zero attached hydrogens (tertiary/aromatic N) is 4. The molecule has 0 aliphatic carbocycles. The van der Waals surface area contributed by atoms with Crippen LogP contribution in [0.25, 0.3) is 16.7 Å². The van der Waals surface area contributed by atoms with Crippen molar-refractivity contribution in [3.05, 3.63) is 77.7 Å². The molecule has 0 saturated carbocycles. The largest absolute Gasteiger partial charge is 0.306 e. The number of amides is 1. The number of hydrogen-bond acceptors (Lipinski definition) is 4. The number of hydrogen-bond donors (Lipinski definition) is 1. The number of fused-ring (bicyclic) bond motifs is 1. The van der Waals surface area contributed by atoms with E-state index in [4.69, 9.17) is 5.10 Å². The summed E-state index contributed by atoms with van der Waals surface area (Å²) in [5.41, 5.74) is 2.88. The quantitative estimate of drug-likeness (QED) is 0.556. The van der Waals surface area contributed by atoms with Crippen LogP contribution in [0.1, 0.15) is 42.5 Å². The van der Waals surface area contributed by atoms with Crippen LogP contribution in [0.5, 0.6) is 0 Å². The summed E-state index contributed by atoms with van der Waals surface area (Å²) in [7, 11) is 0. The zero-order chi connectivity index (χ0) is 20.6. The van der Waals surface area contributed by atoms with Gasteiger partial charge in [-0.2, -0.15) is 9.78 Å². The van der Waals surface area contributed by atoms with E-state index in [1.807, 2.05) is 61.5 Å². The number of aromatic nitrogens is 4. The van der Waals surface area contributed by atoms with E-state index in [2.05, 4.69) is 36.1 Å². The second-order valence-corrected chi connectivity index (χ2v) is 8.05. The maximum absolute atomic E-state index is 13.2. The van der Waals surface area contributed by atoms with E-state index in [0.717, 1.165) is 22.3 Å². The number of para-hydroxylation sites is 1. The number of pyridine rings is 2. The molecule has 4 aromatic rings. The Labute approximate surface area is 169 Å². The zero-order valence-corrected chi connectivity index (χ0v) is 17.0. The number of carbonyl (C=O) groups is 1. The lowest BCUT2D eigenvalue weighted by Gasteiger charge is -2.13. The lowest BCUT2D eigenvalue weighted by molar-refractivity contribution is 0.102. The molecule has 6 nitrogen and oxygen atoms in total. The van der Waals surface area contributed by atoms with Gasteiger partial charge in [0.15, 0.2) is 5.82 Å². The Hall–Kier alpha value is -3.54. The molecule has 0 unspecified atom stereocenters. The molecule has 0 aliphatic heterocycles. The molecular formula is C23H23N5O. The maximum atomic E-state index is 13.2. The highest BCUT2D eigenvalue weighted by atomic mass is 16.1. The molecular weight excluding hydrogens is 362 g/mol. The summed E-state index contributed by atoms with van der Waals surface area (Å²) in [6.07, 6.45) is 1.71. The fourth-order valence-electron chi connectivity index (χ4n) is 3.17. The molecule has 1 amide bonds. The molecule has 0 saturated heterocycles. The average Bonchev–Trinajstić information content (AvgIpc) is 3.12. The molecule has 0 aliphatic rings. The third-order valence-electron chi connectivity index (χ3n) is 4.67. The molecule has 29 heavy (non-hydrogen) atoms. The van der Waals surface area contributed by atoms with Crippen molar-refractivity contribution in [1.29, 1.82) is 0 Å². The minimum Gasteiger partial charge on any atom is -0.306 e. The Balaban J connectivity index is 1.78. The SMILES string of the molecule is Cc1cc(C(=O)Nc2cc(C(C)(C)C)nn2-c2ccccn2)c2ccccc2n1. The Kier molecular flexibility index (Phi) is 4.62. The number of anilines is 1. The van der Waals surface area contributed by atoms with Gasteiger partial charge in [0, 0.05) is 28.8 Å². The first-order chi connectivity index (χ1) is 13.8. The molecule has 1 aromatic carbocycles. The number of carbonyl (C=O) groups excluding carboxylic acids is 1. The normalized spacial score (nSPS) is 11.6. The minimum atomic E-state index is -0.204. The molecule has 6 heteroatoms. The number of benzene rings is 1. The minimum absolute atomic E-state index is 0.167. The summed E-state index contributed by atoms with van der Waals surface area (Å²) in [4.78, 5) is 22.1. The van der Waals surface area contributed by atoms with Gasteiger partial charge in [0.1, 0.15) is 5.82 Å². The second kappa shape index (κ2) is 7.13. The van der Waals surface area contributed by atoms with E-state index in [9.17, 15) is 4.79 Å². The molecule has 0 fully saturated rings. The summed E-state index contributed by atoms with van der Waals surface area (Å²) in [5, 5.41) is 8.55. The van der Waals surface area contributed by atoms with Gasteiger partial charge in [-0.25, -0.2) is 4.98 Å². The van der Waals surface area contributed by atoms with E-state index in [1.165, 1.54) is 0 Å². The van der Waals surface area contributed by atoms with Crippen molar-refractivity contribution in [2.45, 2.75) is 33.1 Å². The third kappa shape index (κ3) is 3.74. The van der Waals surface area contributed by atoms with Crippen LogP contribution in [-0.2, 0) is 5.41 Å². The average molecular weight is 385 g/mol. The van der Waals surface area contributed by atoms with Crippen LogP contribution >= 0.6 is 0 Å². The Morgan fingerprint density at radius 1 is 1.03 bits per heavy atom. The first-order valence-corrected chi connectivity index (χ1v) is 9.52. The van der Waals surface area contributed by atoms with Crippen LogP contribution in [0.2, 0.25) is 0 Å². The molecule has 3 heterocycles. The van der Waals surface area contributed by atoms with Crippen molar-refractivity contribution in [2.24, 2.45) is 0 Å². The molecule has 146 valence electrons. The van der Waals surface area contributed by atoms with Gasteiger partial charge in [0.2, 0.25) is 0 Å². The predicted octanol–water partition coefficient (Wildman–Crippen LogP) is 4.67. The van der Waals surface area contributed by atoms with Crippen molar-refractivity contribution < 1.29 is 4.79 Å². The van der Waals surface area contributed by atoms with Crippen molar-refractivity contribution in [3.8, 4) is 5.82 Å². The van der Waals surface area contributed by atoms with E-state index < -0.39 is 0 Å². The Morgan fingerprint density at radius 3 is 2.52 bits per heavy atom. The fourth-order valence-corrected chi connectivity index (χ4v) is 3.17. The van der Waals surface area contributed by atoms with Gasteiger partial charge in [-0.1, -0.05) is 45.0 Å². The van der Waals surface area contributed by atoms with Gasteiger partial charge in [0.05, 0.1) is 16.8 Å². The van der Waals surface area contributed by atoms with Crippen LogP contribution < -0.4 is 5.32 Å². The summed E-state index contributed by atoms with van der Waals surface area (Å²) in [6, 6.07) is 17.0. The van der Waals surface area contributed by atoms with Crippen LogP contribution in [-0.4, -0.2) is 25.7 Å². The van der Waals surface area contributed by atoms with E-state index in [1.54, 1.807) is 10.9 Å². The molecule has 0 radical (unpaired) electrons. The van der Waals surface area contributed by atoms with Crippen LogP contribution in [0.15, 0.2) is 60.8 Å². The van der Waals surface area contributed by atoms with Crippen LogP contribution in [0.3, 0.4) is 0 Å². The summed E-state index contributed by atoms with van der Waals surface area (Å²) in [5.74, 6) is 1.02. The van der Waals surface area contributed by atoms with E-state index in [0.29, 0.717) is 17.2 Å². The highest BCUT2D eigenvalue weighted by Gasteiger charge is 2.22.